The molecule has 1 aromatic rings. The zero-order chi connectivity index (χ0) is 12.5. The molecule has 1 aliphatic heterocycles. The summed E-state index contributed by atoms with van der Waals surface area (Å²) in [5, 5.41) is 0. The van der Waals surface area contributed by atoms with Crippen molar-refractivity contribution in [1.82, 2.24) is 9.29 Å². The highest BCUT2D eigenvalue weighted by Crippen LogP contribution is 2.32. The molecule has 2 heterocycles. The third kappa shape index (κ3) is 2.83. The molecule has 0 spiro atoms. The van der Waals surface area contributed by atoms with Crippen molar-refractivity contribution in [3.05, 3.63) is 24.5 Å². The number of hydrogen-bond donors (Lipinski definition) is 1. The lowest BCUT2D eigenvalue weighted by Gasteiger charge is -2.22. The number of nitrogens with two attached hydrogens (primary N) is 1. The lowest BCUT2D eigenvalue weighted by molar-refractivity contribution is 0.349. The Balaban J connectivity index is 0.00000162. The second-order valence-corrected chi connectivity index (χ2v) is 6.73. The smallest absolute Gasteiger partial charge is 0.244 e. The van der Waals surface area contributed by atoms with Crippen LogP contribution in [0.2, 0.25) is 0 Å². The van der Waals surface area contributed by atoms with Crippen molar-refractivity contribution < 1.29 is 8.42 Å². The molecule has 18 heavy (non-hydrogen) atoms. The maximum Gasteiger partial charge on any atom is 0.244 e. The van der Waals surface area contributed by atoms with Crippen LogP contribution in [0.4, 0.5) is 0 Å². The Morgan fingerprint density at radius 1 is 1.56 bits per heavy atom. The van der Waals surface area contributed by atoms with E-state index in [0.717, 1.165) is 6.42 Å². The van der Waals surface area contributed by atoms with E-state index in [4.69, 9.17) is 5.73 Å². The van der Waals surface area contributed by atoms with Crippen molar-refractivity contribution in [2.75, 3.05) is 19.6 Å². The molecule has 0 aromatic carbocycles. The normalized spacial score (nSPS) is 24.8. The number of pyridine rings is 1. The lowest BCUT2D eigenvalue weighted by Crippen LogP contribution is -2.34. The minimum atomic E-state index is -3.40. The molecule has 2 rings (SSSR count). The van der Waals surface area contributed by atoms with Crippen LogP contribution in [-0.4, -0.2) is 37.3 Å². The predicted molar refractivity (Wildman–Crippen MR) is 72.0 cm³/mol. The molecule has 5 nitrogen and oxygen atoms in total. The van der Waals surface area contributed by atoms with Gasteiger partial charge in [0.25, 0.3) is 0 Å². The number of nitrogens with zero attached hydrogens (tertiary/aromatic N) is 2. The topological polar surface area (TPSA) is 76.3 Å². The third-order valence-corrected chi connectivity index (χ3v) is 5.12. The van der Waals surface area contributed by atoms with Gasteiger partial charge in [0.2, 0.25) is 10.0 Å². The Kier molecular flexibility index (Phi) is 4.72. The summed E-state index contributed by atoms with van der Waals surface area (Å²) in [7, 11) is -3.40. The summed E-state index contributed by atoms with van der Waals surface area (Å²) in [6.07, 6.45) is 3.75. The van der Waals surface area contributed by atoms with E-state index in [0.29, 0.717) is 19.6 Å². The number of rotatable bonds is 3. The van der Waals surface area contributed by atoms with E-state index < -0.39 is 10.0 Å². The van der Waals surface area contributed by atoms with Crippen LogP contribution in [0.3, 0.4) is 0 Å². The monoisotopic (exact) mass is 291 g/mol. The summed E-state index contributed by atoms with van der Waals surface area (Å²) in [6, 6.07) is 3.20. The van der Waals surface area contributed by atoms with Crippen molar-refractivity contribution in [1.29, 1.82) is 0 Å². The fourth-order valence-corrected chi connectivity index (χ4v) is 3.56. The van der Waals surface area contributed by atoms with Crippen molar-refractivity contribution in [2.24, 2.45) is 11.1 Å². The van der Waals surface area contributed by atoms with Gasteiger partial charge in [0, 0.05) is 25.5 Å². The standard InChI is InChI=1S/C11H17N3O2S.ClH/c1-11(8-12)4-6-14(9-11)17(15,16)10-3-2-5-13-7-10;/h2-3,5,7H,4,6,8-9,12H2,1H3;1H. The summed E-state index contributed by atoms with van der Waals surface area (Å²) >= 11 is 0. The average molecular weight is 292 g/mol. The van der Waals surface area contributed by atoms with E-state index in [2.05, 4.69) is 4.98 Å². The molecule has 1 atom stereocenters. The molecule has 1 saturated heterocycles. The highest BCUT2D eigenvalue weighted by atomic mass is 35.5. The summed E-state index contributed by atoms with van der Waals surface area (Å²) < 4.78 is 26.1. The molecule has 1 aromatic heterocycles. The number of hydrogen-bond acceptors (Lipinski definition) is 4. The highest BCUT2D eigenvalue weighted by molar-refractivity contribution is 7.89. The van der Waals surface area contributed by atoms with Crippen LogP contribution in [0.5, 0.6) is 0 Å². The molecule has 2 N–H and O–H groups in total. The summed E-state index contributed by atoms with van der Waals surface area (Å²) in [5.74, 6) is 0. The SMILES string of the molecule is CC1(CN)CCN(S(=O)(=O)c2cccnc2)C1.Cl. The van der Waals surface area contributed by atoms with Gasteiger partial charge in [-0.1, -0.05) is 6.92 Å². The van der Waals surface area contributed by atoms with E-state index in [-0.39, 0.29) is 22.7 Å². The van der Waals surface area contributed by atoms with Gasteiger partial charge in [-0.15, -0.1) is 12.4 Å². The van der Waals surface area contributed by atoms with Gasteiger partial charge in [0.05, 0.1) is 0 Å². The second-order valence-electron chi connectivity index (χ2n) is 4.79. The molecule has 0 amide bonds. The fraction of sp³-hybridized carbons (Fsp3) is 0.545. The van der Waals surface area contributed by atoms with Gasteiger partial charge >= 0.3 is 0 Å². The first kappa shape index (κ1) is 15.4. The van der Waals surface area contributed by atoms with E-state index in [1.807, 2.05) is 6.92 Å². The van der Waals surface area contributed by atoms with Crippen LogP contribution in [0.25, 0.3) is 0 Å². The van der Waals surface area contributed by atoms with E-state index in [1.54, 1.807) is 18.3 Å². The van der Waals surface area contributed by atoms with Crippen molar-refractivity contribution in [3.63, 3.8) is 0 Å². The van der Waals surface area contributed by atoms with Crippen molar-refractivity contribution in [2.45, 2.75) is 18.2 Å². The molecular weight excluding hydrogens is 274 g/mol. The minimum absolute atomic E-state index is 0. The Hall–Kier alpha value is -0.690. The average Bonchev–Trinajstić information content (AvgIpc) is 2.75. The van der Waals surface area contributed by atoms with Gasteiger partial charge in [-0.2, -0.15) is 4.31 Å². The zero-order valence-corrected chi connectivity index (χ0v) is 11.9. The van der Waals surface area contributed by atoms with E-state index in [9.17, 15) is 8.42 Å². The Bertz CT molecular complexity index is 494. The van der Waals surface area contributed by atoms with Crippen LogP contribution in [-0.2, 0) is 10.0 Å². The minimum Gasteiger partial charge on any atom is -0.330 e. The first-order valence-corrected chi connectivity index (χ1v) is 7.02. The Labute approximate surface area is 114 Å². The second kappa shape index (κ2) is 5.52. The fourth-order valence-electron chi connectivity index (χ4n) is 2.00. The zero-order valence-electron chi connectivity index (χ0n) is 10.2. The first-order chi connectivity index (χ1) is 7.98. The van der Waals surface area contributed by atoms with Gasteiger partial charge in [-0.05, 0) is 30.5 Å². The molecule has 0 radical (unpaired) electrons. The maximum absolute atomic E-state index is 12.3. The molecule has 0 saturated carbocycles. The molecule has 7 heteroatoms. The van der Waals surface area contributed by atoms with Crippen molar-refractivity contribution >= 4 is 22.4 Å². The summed E-state index contributed by atoms with van der Waals surface area (Å²) in [5.41, 5.74) is 5.58. The quantitative estimate of drug-likeness (QED) is 0.896. The molecule has 0 bridgehead atoms. The molecule has 1 aliphatic rings. The van der Waals surface area contributed by atoms with Crippen LogP contribution in [0, 0.1) is 5.41 Å². The third-order valence-electron chi connectivity index (χ3n) is 3.29. The van der Waals surface area contributed by atoms with Gasteiger partial charge in [-0.3, -0.25) is 4.98 Å². The number of aromatic nitrogens is 1. The largest absolute Gasteiger partial charge is 0.330 e. The lowest BCUT2D eigenvalue weighted by atomic mass is 9.90. The Morgan fingerprint density at radius 3 is 2.78 bits per heavy atom. The van der Waals surface area contributed by atoms with E-state index in [1.165, 1.54) is 10.5 Å². The molecule has 1 unspecified atom stereocenters. The summed E-state index contributed by atoms with van der Waals surface area (Å²) in [6.45, 7) is 3.55. The molecular formula is C11H18ClN3O2S. The van der Waals surface area contributed by atoms with Crippen LogP contribution in [0.1, 0.15) is 13.3 Å². The van der Waals surface area contributed by atoms with Gasteiger partial charge < -0.3 is 5.73 Å². The molecule has 0 aliphatic carbocycles. The van der Waals surface area contributed by atoms with Crippen LogP contribution in [0.15, 0.2) is 29.4 Å². The van der Waals surface area contributed by atoms with Crippen LogP contribution >= 0.6 is 12.4 Å². The van der Waals surface area contributed by atoms with Gasteiger partial charge in [-0.25, -0.2) is 8.42 Å². The maximum atomic E-state index is 12.3. The van der Waals surface area contributed by atoms with Gasteiger partial charge in [0.15, 0.2) is 0 Å². The Morgan fingerprint density at radius 2 is 2.28 bits per heavy atom. The predicted octanol–water partition coefficient (Wildman–Crippen LogP) is 0.863. The first-order valence-electron chi connectivity index (χ1n) is 5.58. The van der Waals surface area contributed by atoms with Crippen LogP contribution < -0.4 is 5.73 Å². The molecule has 1 fully saturated rings. The molecule has 102 valence electrons. The van der Waals surface area contributed by atoms with Gasteiger partial charge in [0.1, 0.15) is 4.90 Å². The highest BCUT2D eigenvalue weighted by Gasteiger charge is 2.38. The number of sulfonamides is 1. The summed E-state index contributed by atoms with van der Waals surface area (Å²) in [4.78, 5) is 4.10. The van der Waals surface area contributed by atoms with Crippen molar-refractivity contribution in [3.8, 4) is 0 Å². The number of halogens is 1. The van der Waals surface area contributed by atoms with E-state index >= 15 is 0 Å².